The van der Waals surface area contributed by atoms with Gasteiger partial charge in [-0.3, -0.25) is 9.79 Å². The molecule has 1 saturated heterocycles. The van der Waals surface area contributed by atoms with Crippen molar-refractivity contribution in [1.82, 2.24) is 20.5 Å². The average molecular weight is 480 g/mol. The first-order chi connectivity index (χ1) is 11.6. The number of carbonyl (C=O) groups excluding carboxylic acids is 1. The van der Waals surface area contributed by atoms with Crippen molar-refractivity contribution in [3.05, 3.63) is 16.1 Å². The fourth-order valence-corrected chi connectivity index (χ4v) is 3.59. The number of rotatable bonds is 7. The van der Waals surface area contributed by atoms with Gasteiger partial charge in [0.15, 0.2) is 5.96 Å². The highest BCUT2D eigenvalue weighted by atomic mass is 127. The van der Waals surface area contributed by atoms with Gasteiger partial charge < -0.3 is 21.3 Å². The van der Waals surface area contributed by atoms with Gasteiger partial charge in [-0.1, -0.05) is 0 Å². The molecule has 1 fully saturated rings. The maximum Gasteiger partial charge on any atom is 0.221 e. The second kappa shape index (κ2) is 11.6. The van der Waals surface area contributed by atoms with Crippen molar-refractivity contribution in [1.29, 1.82) is 0 Å². The minimum Gasteiger partial charge on any atom is -0.369 e. The third-order valence-electron chi connectivity index (χ3n) is 4.15. The number of aromatic nitrogens is 1. The van der Waals surface area contributed by atoms with Crippen LogP contribution in [0.15, 0.2) is 11.2 Å². The quantitative estimate of drug-likeness (QED) is 0.237. The number of piperidine rings is 1. The Balaban J connectivity index is 0.00000312. The molecule has 0 aromatic carbocycles. The lowest BCUT2D eigenvalue weighted by molar-refractivity contribution is -0.123. The second-order valence-electron chi connectivity index (χ2n) is 6.11. The Hall–Kier alpha value is -0.940. The first kappa shape index (κ1) is 22.1. The number of hydrogen-bond donors (Lipinski definition) is 3. The molecule has 0 aliphatic carbocycles. The molecule has 7 nitrogen and oxygen atoms in total. The summed E-state index contributed by atoms with van der Waals surface area (Å²) in [5, 5.41) is 7.65. The lowest BCUT2D eigenvalue weighted by Gasteiger charge is -2.31. The van der Waals surface area contributed by atoms with E-state index in [0.29, 0.717) is 6.54 Å². The Bertz CT molecular complexity index is 565. The molecule has 9 heteroatoms. The third kappa shape index (κ3) is 7.87. The van der Waals surface area contributed by atoms with Crippen LogP contribution in [-0.4, -0.2) is 55.0 Å². The fourth-order valence-electron chi connectivity index (χ4n) is 2.86. The molecule has 2 rings (SSSR count). The van der Waals surface area contributed by atoms with Gasteiger partial charge in [0.1, 0.15) is 5.01 Å². The predicted octanol–water partition coefficient (Wildman–Crippen LogP) is 1.32. The second-order valence-corrected chi connectivity index (χ2v) is 7.43. The van der Waals surface area contributed by atoms with E-state index in [0.717, 1.165) is 56.4 Å². The van der Waals surface area contributed by atoms with E-state index in [1.807, 2.05) is 6.20 Å². The van der Waals surface area contributed by atoms with Crippen molar-refractivity contribution in [3.63, 3.8) is 0 Å². The van der Waals surface area contributed by atoms with Gasteiger partial charge in [0.05, 0.1) is 12.5 Å². The Morgan fingerprint density at radius 1 is 1.52 bits per heavy atom. The Morgan fingerprint density at radius 3 is 2.96 bits per heavy atom. The number of thiazole rings is 1. The van der Waals surface area contributed by atoms with E-state index >= 15 is 0 Å². The third-order valence-corrected chi connectivity index (χ3v) is 5.06. The summed E-state index contributed by atoms with van der Waals surface area (Å²) in [4.78, 5) is 23.4. The summed E-state index contributed by atoms with van der Waals surface area (Å²) in [6.07, 6.45) is 4.87. The first-order valence-corrected chi connectivity index (χ1v) is 9.27. The molecular weight excluding hydrogens is 451 g/mol. The van der Waals surface area contributed by atoms with E-state index in [4.69, 9.17) is 5.73 Å². The van der Waals surface area contributed by atoms with Gasteiger partial charge >= 0.3 is 0 Å². The van der Waals surface area contributed by atoms with Gasteiger partial charge in [0, 0.05) is 31.2 Å². The summed E-state index contributed by atoms with van der Waals surface area (Å²) in [6, 6.07) is 0. The maximum absolute atomic E-state index is 11.3. The van der Waals surface area contributed by atoms with Crippen molar-refractivity contribution in [2.24, 2.45) is 16.6 Å². The molecule has 0 radical (unpaired) electrons. The number of halogens is 1. The molecule has 25 heavy (non-hydrogen) atoms. The zero-order valence-corrected chi connectivity index (χ0v) is 18.1. The molecule has 1 aromatic rings. The van der Waals surface area contributed by atoms with Gasteiger partial charge in [-0.2, -0.15) is 0 Å². The maximum atomic E-state index is 11.3. The molecule has 1 amide bonds. The first-order valence-electron chi connectivity index (χ1n) is 8.46. The number of nitrogens with one attached hydrogen (secondary N) is 2. The van der Waals surface area contributed by atoms with Crippen molar-refractivity contribution >= 4 is 47.2 Å². The summed E-state index contributed by atoms with van der Waals surface area (Å²) in [5.41, 5.74) is 5.42. The normalized spacial score (nSPS) is 18.5. The Labute approximate surface area is 170 Å². The molecule has 0 saturated carbocycles. The van der Waals surface area contributed by atoms with Gasteiger partial charge in [0.2, 0.25) is 5.91 Å². The van der Waals surface area contributed by atoms with Crippen LogP contribution in [-0.2, 0) is 11.3 Å². The number of primary amides is 1. The Kier molecular flexibility index (Phi) is 10.3. The van der Waals surface area contributed by atoms with E-state index in [9.17, 15) is 4.79 Å². The monoisotopic (exact) mass is 480 g/mol. The lowest BCUT2D eigenvalue weighted by atomic mass is 9.97. The number of aliphatic imine (C=N–C) groups is 1. The number of nitrogens with zero attached hydrogens (tertiary/aromatic N) is 3. The van der Waals surface area contributed by atoms with Crippen LogP contribution in [0.3, 0.4) is 0 Å². The van der Waals surface area contributed by atoms with Crippen molar-refractivity contribution in [2.75, 3.05) is 33.2 Å². The van der Waals surface area contributed by atoms with Crippen molar-refractivity contribution in [2.45, 2.75) is 32.7 Å². The summed E-state index contributed by atoms with van der Waals surface area (Å²) in [5.74, 6) is 0.638. The lowest BCUT2D eigenvalue weighted by Crippen LogP contribution is -2.42. The van der Waals surface area contributed by atoms with Crippen LogP contribution in [0.25, 0.3) is 0 Å². The number of nitrogens with two attached hydrogens (primary N) is 1. The smallest absolute Gasteiger partial charge is 0.221 e. The van der Waals surface area contributed by atoms with Crippen molar-refractivity contribution in [3.8, 4) is 0 Å². The zero-order chi connectivity index (χ0) is 17.4. The molecule has 1 unspecified atom stereocenters. The van der Waals surface area contributed by atoms with Crippen LogP contribution in [0.4, 0.5) is 0 Å². The van der Waals surface area contributed by atoms with Crippen LogP contribution in [0.2, 0.25) is 0 Å². The molecule has 1 aliphatic heterocycles. The minimum atomic E-state index is -0.167. The SMILES string of the molecule is CN=C(NCCCN1CCCC(C(N)=O)C1)NCc1ncc(C)s1.I. The van der Waals surface area contributed by atoms with E-state index in [2.05, 4.69) is 32.4 Å². The summed E-state index contributed by atoms with van der Waals surface area (Å²) >= 11 is 1.69. The number of guanidine groups is 1. The van der Waals surface area contributed by atoms with Gasteiger partial charge in [-0.05, 0) is 39.3 Å². The zero-order valence-electron chi connectivity index (χ0n) is 15.0. The highest BCUT2D eigenvalue weighted by Crippen LogP contribution is 2.15. The molecule has 0 spiro atoms. The number of likely N-dealkylation sites (tertiary alicyclic amines) is 1. The number of aryl methyl sites for hydroxylation is 1. The van der Waals surface area contributed by atoms with E-state index in [-0.39, 0.29) is 35.8 Å². The predicted molar refractivity (Wildman–Crippen MR) is 113 cm³/mol. The van der Waals surface area contributed by atoms with Crippen LogP contribution in [0, 0.1) is 12.8 Å². The van der Waals surface area contributed by atoms with Crippen LogP contribution < -0.4 is 16.4 Å². The van der Waals surface area contributed by atoms with Gasteiger partial charge in [0.25, 0.3) is 0 Å². The molecular formula is C16H29IN6OS. The molecule has 1 aliphatic rings. The molecule has 1 atom stereocenters. The molecule has 2 heterocycles. The van der Waals surface area contributed by atoms with Crippen LogP contribution in [0.1, 0.15) is 29.1 Å². The molecule has 0 bridgehead atoms. The highest BCUT2D eigenvalue weighted by molar-refractivity contribution is 14.0. The van der Waals surface area contributed by atoms with E-state index < -0.39 is 0 Å². The molecule has 1 aromatic heterocycles. The molecule has 142 valence electrons. The fraction of sp³-hybridized carbons (Fsp3) is 0.688. The number of amides is 1. The minimum absolute atomic E-state index is 0. The standard InChI is InChI=1S/C16H28N6OS.HI/c1-12-9-20-14(24-12)10-21-16(18-2)19-6-4-8-22-7-3-5-13(11-22)15(17)23;/h9,13H,3-8,10-11H2,1-2H3,(H2,17,23)(H2,18,19,21);1H. The molecule has 4 N–H and O–H groups in total. The van der Waals surface area contributed by atoms with Gasteiger partial charge in [-0.25, -0.2) is 4.98 Å². The summed E-state index contributed by atoms with van der Waals surface area (Å²) in [6.45, 7) is 6.40. The summed E-state index contributed by atoms with van der Waals surface area (Å²) in [7, 11) is 1.77. The van der Waals surface area contributed by atoms with E-state index in [1.165, 1.54) is 4.88 Å². The van der Waals surface area contributed by atoms with Gasteiger partial charge in [-0.15, -0.1) is 35.3 Å². The Morgan fingerprint density at radius 2 is 2.32 bits per heavy atom. The average Bonchev–Trinajstić information content (AvgIpc) is 3.00. The number of hydrogen-bond acceptors (Lipinski definition) is 5. The van der Waals surface area contributed by atoms with Crippen LogP contribution in [0.5, 0.6) is 0 Å². The summed E-state index contributed by atoms with van der Waals surface area (Å²) < 4.78 is 0. The topological polar surface area (TPSA) is 95.6 Å². The largest absolute Gasteiger partial charge is 0.369 e. The van der Waals surface area contributed by atoms with E-state index in [1.54, 1.807) is 18.4 Å². The van der Waals surface area contributed by atoms with Crippen LogP contribution >= 0.6 is 35.3 Å². The van der Waals surface area contributed by atoms with Crippen molar-refractivity contribution < 1.29 is 4.79 Å². The highest BCUT2D eigenvalue weighted by Gasteiger charge is 2.23. The number of carbonyl (C=O) groups is 1.